The molecule has 22 heavy (non-hydrogen) atoms. The van der Waals surface area contributed by atoms with Crippen LogP contribution in [-0.4, -0.2) is 11.4 Å². The predicted octanol–water partition coefficient (Wildman–Crippen LogP) is 5.04. The summed E-state index contributed by atoms with van der Waals surface area (Å²) in [6, 6.07) is 15.6. The van der Waals surface area contributed by atoms with Crippen LogP contribution in [-0.2, 0) is 4.74 Å². The van der Waals surface area contributed by atoms with Crippen molar-refractivity contribution in [1.82, 2.24) is 0 Å². The van der Waals surface area contributed by atoms with E-state index in [-0.39, 0.29) is 5.78 Å². The zero-order valence-electron chi connectivity index (χ0n) is 14.0. The van der Waals surface area contributed by atoms with Gasteiger partial charge in [-0.3, -0.25) is 4.79 Å². The van der Waals surface area contributed by atoms with Gasteiger partial charge in [-0.1, -0.05) is 59.7 Å². The molecule has 0 N–H and O–H groups in total. The van der Waals surface area contributed by atoms with Gasteiger partial charge >= 0.3 is 0 Å². The van der Waals surface area contributed by atoms with E-state index in [4.69, 9.17) is 4.74 Å². The lowest BCUT2D eigenvalue weighted by atomic mass is 9.97. The molecule has 0 saturated heterocycles. The first-order valence-corrected chi connectivity index (χ1v) is 7.61. The Labute approximate surface area is 133 Å². The molecule has 0 spiro atoms. The molecule has 0 heterocycles. The lowest BCUT2D eigenvalue weighted by Crippen LogP contribution is -2.27. The van der Waals surface area contributed by atoms with Crippen LogP contribution in [0.15, 0.2) is 48.5 Å². The maximum absolute atomic E-state index is 12.9. The fourth-order valence-electron chi connectivity index (χ4n) is 2.24. The third kappa shape index (κ3) is 4.28. The van der Waals surface area contributed by atoms with E-state index >= 15 is 0 Å². The molecule has 0 radical (unpaired) electrons. The van der Waals surface area contributed by atoms with Gasteiger partial charge in [0.2, 0.25) is 0 Å². The molecule has 1 unspecified atom stereocenters. The lowest BCUT2D eigenvalue weighted by molar-refractivity contribution is -0.0471. The molecule has 0 aliphatic heterocycles. The van der Waals surface area contributed by atoms with Gasteiger partial charge in [0, 0.05) is 5.56 Å². The number of ketones is 1. The second-order valence-electron chi connectivity index (χ2n) is 6.75. The van der Waals surface area contributed by atoms with Gasteiger partial charge in [-0.05, 0) is 40.2 Å². The summed E-state index contributed by atoms with van der Waals surface area (Å²) in [5.74, 6) is -0.00113. The maximum atomic E-state index is 12.9. The molecule has 0 bridgehead atoms. The molecule has 1 atom stereocenters. The van der Waals surface area contributed by atoms with Crippen LogP contribution >= 0.6 is 0 Å². The predicted molar refractivity (Wildman–Crippen MR) is 90.3 cm³/mol. The zero-order valence-corrected chi connectivity index (χ0v) is 14.0. The minimum atomic E-state index is -0.580. The minimum Gasteiger partial charge on any atom is -0.360 e. The molecule has 116 valence electrons. The van der Waals surface area contributed by atoms with Crippen LogP contribution in [0.5, 0.6) is 0 Å². The highest BCUT2D eigenvalue weighted by Gasteiger charge is 2.27. The topological polar surface area (TPSA) is 26.3 Å². The lowest BCUT2D eigenvalue weighted by Gasteiger charge is -2.27. The Hall–Kier alpha value is -1.93. The van der Waals surface area contributed by atoms with Crippen LogP contribution in [0.4, 0.5) is 0 Å². The Bertz CT molecular complexity index is 631. The van der Waals surface area contributed by atoms with Crippen molar-refractivity contribution in [3.8, 4) is 0 Å². The number of carbonyl (C=O) groups excluding carboxylic acids is 1. The quantitative estimate of drug-likeness (QED) is 0.739. The first-order valence-electron chi connectivity index (χ1n) is 7.61. The Morgan fingerprint density at radius 1 is 0.864 bits per heavy atom. The SMILES string of the molecule is Cc1ccc(C(=O)C(OC(C)(C)C)c2ccc(C)cc2)cc1. The van der Waals surface area contributed by atoms with E-state index in [0.717, 1.165) is 11.1 Å². The summed E-state index contributed by atoms with van der Waals surface area (Å²) in [7, 11) is 0. The molecular formula is C20H24O2. The van der Waals surface area contributed by atoms with E-state index in [1.165, 1.54) is 5.56 Å². The molecule has 0 aromatic heterocycles. The van der Waals surface area contributed by atoms with Gasteiger partial charge < -0.3 is 4.74 Å². The van der Waals surface area contributed by atoms with Crippen LogP contribution in [0.25, 0.3) is 0 Å². The smallest absolute Gasteiger partial charge is 0.196 e. The van der Waals surface area contributed by atoms with Gasteiger partial charge in [0.05, 0.1) is 5.60 Å². The highest BCUT2D eigenvalue weighted by Crippen LogP contribution is 2.28. The third-order valence-corrected chi connectivity index (χ3v) is 3.43. The van der Waals surface area contributed by atoms with E-state index in [1.807, 2.05) is 83.1 Å². The maximum Gasteiger partial charge on any atom is 0.196 e. The van der Waals surface area contributed by atoms with Crippen molar-refractivity contribution >= 4 is 5.78 Å². The minimum absolute atomic E-state index is 0.00113. The molecule has 2 aromatic rings. The fourth-order valence-corrected chi connectivity index (χ4v) is 2.24. The monoisotopic (exact) mass is 296 g/mol. The van der Waals surface area contributed by atoms with Crippen molar-refractivity contribution in [2.45, 2.75) is 46.3 Å². The summed E-state index contributed by atoms with van der Waals surface area (Å²) in [6.45, 7) is 9.95. The second-order valence-corrected chi connectivity index (χ2v) is 6.75. The highest BCUT2D eigenvalue weighted by atomic mass is 16.5. The molecule has 0 aliphatic rings. The molecule has 2 aromatic carbocycles. The molecule has 2 nitrogen and oxygen atoms in total. The zero-order chi connectivity index (χ0) is 16.3. The van der Waals surface area contributed by atoms with Crippen molar-refractivity contribution in [3.63, 3.8) is 0 Å². The number of hydrogen-bond donors (Lipinski definition) is 0. The average Bonchev–Trinajstić information content (AvgIpc) is 2.45. The number of ether oxygens (including phenoxy) is 1. The third-order valence-electron chi connectivity index (χ3n) is 3.43. The summed E-state index contributed by atoms with van der Waals surface area (Å²) < 4.78 is 6.06. The van der Waals surface area contributed by atoms with E-state index in [9.17, 15) is 4.79 Å². The molecule has 0 saturated carbocycles. The number of aryl methyl sites for hydroxylation is 2. The van der Waals surface area contributed by atoms with E-state index < -0.39 is 11.7 Å². The average molecular weight is 296 g/mol. The summed E-state index contributed by atoms with van der Waals surface area (Å²) in [5.41, 5.74) is 3.49. The molecule has 2 heteroatoms. The van der Waals surface area contributed by atoms with Crippen LogP contribution in [0, 0.1) is 13.8 Å². The Kier molecular flexibility index (Phi) is 4.82. The van der Waals surface area contributed by atoms with Gasteiger partial charge in [-0.2, -0.15) is 0 Å². The number of Topliss-reactive ketones (excluding diaryl/α,β-unsaturated/α-hetero) is 1. The first-order chi connectivity index (χ1) is 10.3. The van der Waals surface area contributed by atoms with Crippen molar-refractivity contribution in [2.24, 2.45) is 0 Å². The van der Waals surface area contributed by atoms with Crippen LogP contribution in [0.1, 0.15) is 53.9 Å². The summed E-state index contributed by atoms with van der Waals surface area (Å²) in [6.07, 6.45) is -0.580. The molecular weight excluding hydrogens is 272 g/mol. The normalized spacial score (nSPS) is 13.0. The van der Waals surface area contributed by atoms with E-state index in [2.05, 4.69) is 0 Å². The first kappa shape index (κ1) is 16.4. The van der Waals surface area contributed by atoms with Crippen molar-refractivity contribution in [1.29, 1.82) is 0 Å². The standard InChI is InChI=1S/C20H24O2/c1-14-6-10-16(11-7-14)18(21)19(22-20(3,4)5)17-12-8-15(2)9-13-17/h6-13,19H,1-5H3. The van der Waals surface area contributed by atoms with E-state index in [0.29, 0.717) is 5.56 Å². The molecule has 0 amide bonds. The summed E-state index contributed by atoms with van der Waals surface area (Å²) >= 11 is 0. The van der Waals surface area contributed by atoms with Gasteiger partial charge in [0.25, 0.3) is 0 Å². The van der Waals surface area contributed by atoms with Crippen molar-refractivity contribution in [2.75, 3.05) is 0 Å². The Morgan fingerprint density at radius 2 is 1.32 bits per heavy atom. The summed E-state index contributed by atoms with van der Waals surface area (Å²) in [4.78, 5) is 12.9. The molecule has 0 aliphatic carbocycles. The summed E-state index contributed by atoms with van der Waals surface area (Å²) in [5, 5.41) is 0. The number of hydrogen-bond acceptors (Lipinski definition) is 2. The Morgan fingerprint density at radius 3 is 1.77 bits per heavy atom. The van der Waals surface area contributed by atoms with E-state index in [1.54, 1.807) is 0 Å². The number of benzene rings is 2. The van der Waals surface area contributed by atoms with Gasteiger partial charge in [-0.25, -0.2) is 0 Å². The second kappa shape index (κ2) is 6.45. The number of rotatable bonds is 4. The highest BCUT2D eigenvalue weighted by molar-refractivity contribution is 6.00. The number of carbonyl (C=O) groups is 1. The van der Waals surface area contributed by atoms with Gasteiger partial charge in [0.1, 0.15) is 6.10 Å². The molecule has 2 rings (SSSR count). The largest absolute Gasteiger partial charge is 0.360 e. The van der Waals surface area contributed by atoms with Crippen LogP contribution in [0.3, 0.4) is 0 Å². The van der Waals surface area contributed by atoms with Gasteiger partial charge in [0.15, 0.2) is 5.78 Å². The van der Waals surface area contributed by atoms with Crippen molar-refractivity contribution < 1.29 is 9.53 Å². The van der Waals surface area contributed by atoms with Crippen molar-refractivity contribution in [3.05, 3.63) is 70.8 Å². The fraction of sp³-hybridized carbons (Fsp3) is 0.350. The van der Waals surface area contributed by atoms with Crippen LogP contribution < -0.4 is 0 Å². The van der Waals surface area contributed by atoms with Crippen LogP contribution in [0.2, 0.25) is 0 Å². The Balaban J connectivity index is 2.37. The molecule has 0 fully saturated rings. The van der Waals surface area contributed by atoms with Gasteiger partial charge in [-0.15, -0.1) is 0 Å².